The highest BCUT2D eigenvalue weighted by Crippen LogP contribution is 2.23. The molecular weight excluding hydrogens is 556 g/mol. The Morgan fingerprint density at radius 1 is 0.533 bits per heavy atom. The van der Waals surface area contributed by atoms with E-state index in [0.717, 1.165) is 38.0 Å². The molecule has 0 radical (unpaired) electrons. The Kier molecular flexibility index (Phi) is 33.1. The van der Waals surface area contributed by atoms with Crippen molar-refractivity contribution in [3.05, 3.63) is 0 Å². The molecule has 0 unspecified atom stereocenters. The second kappa shape index (κ2) is 34.1. The summed E-state index contributed by atoms with van der Waals surface area (Å²) in [6.45, 7) is 12.0. The van der Waals surface area contributed by atoms with Gasteiger partial charge in [0.2, 0.25) is 5.91 Å². The predicted octanol–water partition coefficient (Wildman–Crippen LogP) is 12.5. The lowest BCUT2D eigenvalue weighted by molar-refractivity contribution is -0.124. The van der Waals surface area contributed by atoms with Crippen LogP contribution in [0.25, 0.3) is 0 Å². The highest BCUT2D eigenvalue weighted by atomic mass is 16.5. The van der Waals surface area contributed by atoms with Gasteiger partial charge in [-0.25, -0.2) is 4.79 Å². The van der Waals surface area contributed by atoms with Crippen molar-refractivity contribution >= 4 is 12.0 Å². The molecule has 0 heterocycles. The zero-order valence-electron chi connectivity index (χ0n) is 31.2. The van der Waals surface area contributed by atoms with Crippen LogP contribution in [0.15, 0.2) is 0 Å². The van der Waals surface area contributed by atoms with E-state index < -0.39 is 12.1 Å². The maximum atomic E-state index is 12.9. The summed E-state index contributed by atoms with van der Waals surface area (Å²) in [6, 6.07) is -0.537. The molecule has 5 heteroatoms. The number of unbranched alkanes of at least 4 members (excludes halogenated alkanes) is 20. The minimum Gasteiger partial charge on any atom is -0.450 e. The molecule has 0 fully saturated rings. The summed E-state index contributed by atoms with van der Waals surface area (Å²) >= 11 is 0. The summed E-state index contributed by atoms with van der Waals surface area (Å²) in [6.07, 6.45) is 35.6. The maximum Gasteiger partial charge on any atom is 0.407 e. The molecule has 0 saturated carbocycles. The van der Waals surface area contributed by atoms with Gasteiger partial charge in [-0.15, -0.1) is 0 Å². The van der Waals surface area contributed by atoms with E-state index in [0.29, 0.717) is 13.2 Å². The van der Waals surface area contributed by atoms with E-state index in [1.807, 2.05) is 6.92 Å². The summed E-state index contributed by atoms with van der Waals surface area (Å²) in [7, 11) is 0. The van der Waals surface area contributed by atoms with Gasteiger partial charge in [0.25, 0.3) is 0 Å². The maximum absolute atomic E-state index is 12.9. The summed E-state index contributed by atoms with van der Waals surface area (Å²) in [5.41, 5.74) is 0. The first-order valence-corrected chi connectivity index (χ1v) is 20.2. The fraction of sp³-hybridized carbons (Fsp3) is 0.950. The van der Waals surface area contributed by atoms with Crippen molar-refractivity contribution < 1.29 is 14.3 Å². The highest BCUT2D eigenvalue weighted by Gasteiger charge is 2.26. The summed E-state index contributed by atoms with van der Waals surface area (Å²) in [5, 5.41) is 5.94. The standard InChI is InChI=1S/C40H80N2O3/c1-6-10-13-14-15-16-17-18-19-20-21-22-23-24-25-29-34-41-39(43)38(36(5)9-4)42-40(44)45-35-30-28-33-37(31-26-11-7-2)32-27-12-8-3/h36-38H,6-35H2,1-5H3,(H,41,43)(H,42,44)/t36-,38-/m0/s1. The van der Waals surface area contributed by atoms with Crippen LogP contribution in [-0.4, -0.2) is 31.2 Å². The minimum atomic E-state index is -0.537. The molecule has 2 atom stereocenters. The smallest absolute Gasteiger partial charge is 0.407 e. The molecule has 0 rings (SSSR count). The van der Waals surface area contributed by atoms with Gasteiger partial charge in [0.15, 0.2) is 0 Å². The highest BCUT2D eigenvalue weighted by molar-refractivity contribution is 5.85. The van der Waals surface area contributed by atoms with Gasteiger partial charge in [-0.1, -0.05) is 195 Å². The lowest BCUT2D eigenvalue weighted by atomic mass is 9.90. The summed E-state index contributed by atoms with van der Waals surface area (Å²) in [5.74, 6) is 0.796. The van der Waals surface area contributed by atoms with Gasteiger partial charge >= 0.3 is 6.09 Å². The molecule has 268 valence electrons. The third-order valence-electron chi connectivity index (χ3n) is 9.77. The molecule has 0 saturated heterocycles. The number of carbonyl (C=O) groups excluding carboxylic acids is 2. The quantitative estimate of drug-likeness (QED) is 0.0691. The Hall–Kier alpha value is -1.26. The van der Waals surface area contributed by atoms with Crippen molar-refractivity contribution in [2.75, 3.05) is 13.2 Å². The van der Waals surface area contributed by atoms with Gasteiger partial charge in [0, 0.05) is 6.54 Å². The van der Waals surface area contributed by atoms with Gasteiger partial charge in [-0.3, -0.25) is 4.79 Å². The summed E-state index contributed by atoms with van der Waals surface area (Å²) < 4.78 is 5.50. The Morgan fingerprint density at radius 2 is 0.933 bits per heavy atom. The molecule has 0 aromatic rings. The van der Waals surface area contributed by atoms with Gasteiger partial charge in [0.05, 0.1) is 6.61 Å². The van der Waals surface area contributed by atoms with Gasteiger partial charge in [0.1, 0.15) is 6.04 Å². The van der Waals surface area contributed by atoms with Gasteiger partial charge in [-0.2, -0.15) is 0 Å². The minimum absolute atomic E-state index is 0.0651. The van der Waals surface area contributed by atoms with Crippen molar-refractivity contribution in [1.29, 1.82) is 0 Å². The number of hydrogen-bond donors (Lipinski definition) is 2. The van der Waals surface area contributed by atoms with E-state index in [1.54, 1.807) is 0 Å². The van der Waals surface area contributed by atoms with E-state index >= 15 is 0 Å². The third kappa shape index (κ3) is 28.7. The second-order valence-electron chi connectivity index (χ2n) is 14.1. The topological polar surface area (TPSA) is 67.4 Å². The second-order valence-corrected chi connectivity index (χ2v) is 14.1. The van der Waals surface area contributed by atoms with Crippen LogP contribution in [0.1, 0.15) is 214 Å². The van der Waals surface area contributed by atoms with Gasteiger partial charge < -0.3 is 15.4 Å². The van der Waals surface area contributed by atoms with Crippen LogP contribution in [0.5, 0.6) is 0 Å². The van der Waals surface area contributed by atoms with Crippen LogP contribution < -0.4 is 10.6 Å². The van der Waals surface area contributed by atoms with Crippen molar-refractivity contribution in [3.63, 3.8) is 0 Å². The van der Waals surface area contributed by atoms with E-state index in [-0.39, 0.29) is 11.8 Å². The number of alkyl carbamates (subject to hydrolysis) is 1. The molecule has 0 aliphatic rings. The van der Waals surface area contributed by atoms with E-state index in [9.17, 15) is 9.59 Å². The van der Waals surface area contributed by atoms with Crippen LogP contribution in [-0.2, 0) is 9.53 Å². The van der Waals surface area contributed by atoms with Crippen LogP contribution in [0.4, 0.5) is 4.79 Å². The average Bonchev–Trinajstić information content (AvgIpc) is 3.04. The molecule has 0 aliphatic carbocycles. The average molecular weight is 637 g/mol. The van der Waals surface area contributed by atoms with Crippen LogP contribution >= 0.6 is 0 Å². The number of ether oxygens (including phenoxy) is 1. The number of carbonyl (C=O) groups is 2. The number of nitrogens with one attached hydrogen (secondary N) is 2. The monoisotopic (exact) mass is 637 g/mol. The Bertz CT molecular complexity index is 631. The lowest BCUT2D eigenvalue weighted by Gasteiger charge is -2.23. The Labute approximate surface area is 282 Å². The first kappa shape index (κ1) is 43.7. The van der Waals surface area contributed by atoms with E-state index in [1.165, 1.54) is 148 Å². The zero-order valence-corrected chi connectivity index (χ0v) is 31.2. The molecule has 0 aromatic carbocycles. The van der Waals surface area contributed by atoms with Crippen LogP contribution in [0.2, 0.25) is 0 Å². The number of amides is 2. The normalized spacial score (nSPS) is 12.8. The molecule has 5 nitrogen and oxygen atoms in total. The molecular formula is C40H80N2O3. The molecule has 0 bridgehead atoms. The third-order valence-corrected chi connectivity index (χ3v) is 9.77. The van der Waals surface area contributed by atoms with Crippen molar-refractivity contribution in [3.8, 4) is 0 Å². The van der Waals surface area contributed by atoms with E-state index in [4.69, 9.17) is 4.74 Å². The fourth-order valence-electron chi connectivity index (χ4n) is 6.36. The van der Waals surface area contributed by atoms with Crippen molar-refractivity contribution in [1.82, 2.24) is 10.6 Å². The zero-order chi connectivity index (χ0) is 33.2. The van der Waals surface area contributed by atoms with Crippen LogP contribution in [0.3, 0.4) is 0 Å². The molecule has 0 spiro atoms. The fourth-order valence-corrected chi connectivity index (χ4v) is 6.36. The molecule has 0 aliphatic heterocycles. The first-order chi connectivity index (χ1) is 22.0. The number of rotatable bonds is 34. The number of hydrogen-bond acceptors (Lipinski definition) is 3. The van der Waals surface area contributed by atoms with Crippen molar-refractivity contribution in [2.24, 2.45) is 11.8 Å². The molecule has 0 aromatic heterocycles. The molecule has 2 N–H and O–H groups in total. The van der Waals surface area contributed by atoms with E-state index in [2.05, 4.69) is 38.3 Å². The Balaban J connectivity index is 3.99. The molecule has 2 amide bonds. The first-order valence-electron chi connectivity index (χ1n) is 20.2. The van der Waals surface area contributed by atoms with Crippen LogP contribution in [0, 0.1) is 11.8 Å². The van der Waals surface area contributed by atoms with Gasteiger partial charge in [-0.05, 0) is 31.1 Å². The van der Waals surface area contributed by atoms with Crippen molar-refractivity contribution in [2.45, 2.75) is 220 Å². The lowest BCUT2D eigenvalue weighted by Crippen LogP contribution is -2.50. The summed E-state index contributed by atoms with van der Waals surface area (Å²) in [4.78, 5) is 25.5. The Morgan fingerprint density at radius 3 is 1.38 bits per heavy atom. The molecule has 45 heavy (non-hydrogen) atoms. The predicted molar refractivity (Wildman–Crippen MR) is 196 cm³/mol. The largest absolute Gasteiger partial charge is 0.450 e. The SMILES string of the molecule is CCCCCCCCCCCCCCCCCCNC(=O)[C@@H](NC(=O)OCCCCC(CCCCC)CCCCC)[C@@H](C)CC.